The molecule has 4 nitrogen and oxygen atoms in total. The summed E-state index contributed by atoms with van der Waals surface area (Å²) < 4.78 is 65.0. The topological polar surface area (TPSA) is 73.1 Å². The van der Waals surface area contributed by atoms with Gasteiger partial charge >= 0.3 is 0 Å². The smallest absolute Gasteiger partial charge is 0.290 e. The molecule has 23 heavy (non-hydrogen) atoms. The molecule has 0 aliphatic heterocycles. The largest absolute Gasteiger partial charge is 0.396 e. The summed E-state index contributed by atoms with van der Waals surface area (Å²) in [5.41, 5.74) is -2.47. The number of halogens is 5. The summed E-state index contributed by atoms with van der Waals surface area (Å²) in [6.45, 7) is -1.54. The summed E-state index contributed by atoms with van der Waals surface area (Å²) >= 11 is 0. The van der Waals surface area contributed by atoms with E-state index in [0.717, 1.165) is 6.07 Å². The lowest BCUT2D eigenvalue weighted by Gasteiger charge is -2.41. The molecule has 10 heteroatoms. The number of hydrogen-bond donors (Lipinski definition) is 2. The minimum absolute atomic E-state index is 0.214. The summed E-state index contributed by atoms with van der Waals surface area (Å²) in [5, 5.41) is 16.5. The Morgan fingerprint density at radius 3 is 2.22 bits per heavy atom. The molecule has 1 saturated carbocycles. The van der Waals surface area contributed by atoms with Gasteiger partial charge in [0.25, 0.3) is 10.2 Å². The van der Waals surface area contributed by atoms with E-state index in [-0.39, 0.29) is 6.54 Å². The minimum Gasteiger partial charge on any atom is -0.396 e. The van der Waals surface area contributed by atoms with E-state index < -0.39 is 39.3 Å². The maximum Gasteiger partial charge on any atom is 0.290 e. The molecule has 1 fully saturated rings. The molecule has 1 aromatic rings. The lowest BCUT2D eigenvalue weighted by Crippen LogP contribution is -2.35. The second-order valence-electron chi connectivity index (χ2n) is 5.39. The van der Waals surface area contributed by atoms with Crippen LogP contribution in [0.15, 0.2) is 30.3 Å². The fourth-order valence-corrected chi connectivity index (χ4v) is 4.63. The number of benzene rings is 1. The zero-order valence-electron chi connectivity index (χ0n) is 11.6. The Morgan fingerprint density at radius 1 is 1.26 bits per heavy atom. The van der Waals surface area contributed by atoms with Crippen molar-refractivity contribution in [3.63, 3.8) is 0 Å². The van der Waals surface area contributed by atoms with Crippen molar-refractivity contribution in [2.75, 3.05) is 6.61 Å². The molecule has 0 radical (unpaired) electrons. The maximum atomic E-state index is 13.0. The maximum absolute atomic E-state index is 13.0. The predicted octanol–water partition coefficient (Wildman–Crippen LogP) is 3.10. The number of aliphatic hydroxyl groups is 1. The van der Waals surface area contributed by atoms with Gasteiger partial charge in [-0.25, -0.2) is 0 Å². The molecular formula is C13H13F5N2O2S. The fourth-order valence-electron chi connectivity index (χ4n) is 2.75. The SMILES string of the molecule is N#C[C@@]1(C(=O)NCc2ccccc2)[C@H](CO)[C@H]1S(F)(F)(F)(F)F. The first-order chi connectivity index (χ1) is 10.4. The molecule has 0 spiro atoms. The van der Waals surface area contributed by atoms with Gasteiger partial charge in [-0.1, -0.05) is 49.8 Å². The van der Waals surface area contributed by atoms with Crippen LogP contribution in [0.2, 0.25) is 0 Å². The van der Waals surface area contributed by atoms with Crippen LogP contribution >= 0.6 is 10.2 Å². The van der Waals surface area contributed by atoms with E-state index in [1.165, 1.54) is 0 Å². The van der Waals surface area contributed by atoms with Gasteiger partial charge in [-0.3, -0.25) is 4.79 Å². The molecule has 0 heterocycles. The quantitative estimate of drug-likeness (QED) is 0.797. The minimum atomic E-state index is -10.1. The molecule has 1 aliphatic carbocycles. The second kappa shape index (κ2) is 4.58. The third kappa shape index (κ3) is 3.11. The van der Waals surface area contributed by atoms with Crippen LogP contribution in [0.25, 0.3) is 0 Å². The molecule has 128 valence electrons. The van der Waals surface area contributed by atoms with E-state index in [0.29, 0.717) is 5.56 Å². The predicted molar refractivity (Wildman–Crippen MR) is 73.8 cm³/mol. The third-order valence-electron chi connectivity index (χ3n) is 3.82. The highest BCUT2D eigenvalue weighted by Crippen LogP contribution is 3.06. The fraction of sp³-hybridized carbons (Fsp3) is 0.385. The summed E-state index contributed by atoms with van der Waals surface area (Å²) in [6, 6.07) is 9.10. The first kappa shape index (κ1) is 17.5. The molecule has 0 saturated heterocycles. The van der Waals surface area contributed by atoms with Crippen LogP contribution in [0, 0.1) is 22.7 Å². The molecule has 0 bridgehead atoms. The van der Waals surface area contributed by atoms with E-state index in [4.69, 9.17) is 10.4 Å². The van der Waals surface area contributed by atoms with Gasteiger partial charge in [-0.05, 0) is 5.56 Å². The van der Waals surface area contributed by atoms with Crippen molar-refractivity contribution in [1.29, 1.82) is 5.26 Å². The highest BCUT2D eigenvalue weighted by atomic mass is 32.5. The Bertz CT molecular complexity index is 673. The van der Waals surface area contributed by atoms with Gasteiger partial charge in [0, 0.05) is 19.1 Å². The van der Waals surface area contributed by atoms with Crippen molar-refractivity contribution in [1.82, 2.24) is 5.32 Å². The normalized spacial score (nSPS) is 29.8. The lowest BCUT2D eigenvalue weighted by molar-refractivity contribution is -0.125. The Balaban J connectivity index is 2.25. The van der Waals surface area contributed by atoms with E-state index in [2.05, 4.69) is 5.32 Å². The standard InChI is InChI=1S/C13H13F5N2O2S/c14-23(15,16,17,18)11-10(7-21)13(11,8-19)12(22)20-6-9-4-2-1-3-5-9/h1-5,10-11,21H,6-7H2,(H,20,22)/t10-,11-,13-/m1/s1. The van der Waals surface area contributed by atoms with Gasteiger partial charge in [0.05, 0.1) is 6.07 Å². The van der Waals surface area contributed by atoms with Crippen molar-refractivity contribution in [2.24, 2.45) is 11.3 Å². The van der Waals surface area contributed by atoms with Crippen molar-refractivity contribution in [2.45, 2.75) is 11.8 Å². The van der Waals surface area contributed by atoms with Crippen LogP contribution in [0.3, 0.4) is 0 Å². The zero-order chi connectivity index (χ0) is 17.6. The Morgan fingerprint density at radius 2 is 1.83 bits per heavy atom. The van der Waals surface area contributed by atoms with E-state index >= 15 is 0 Å². The number of carbonyl (C=O) groups is 1. The Kier molecular flexibility index (Phi) is 3.48. The van der Waals surface area contributed by atoms with Gasteiger partial charge < -0.3 is 10.4 Å². The molecule has 2 rings (SSSR count). The van der Waals surface area contributed by atoms with E-state index in [1.54, 1.807) is 30.3 Å². The van der Waals surface area contributed by atoms with Crippen LogP contribution in [0.1, 0.15) is 5.56 Å². The Hall–Kier alpha value is -1.86. The summed E-state index contributed by atoms with van der Waals surface area (Å²) in [4.78, 5) is 12.0. The molecule has 0 unspecified atom stereocenters. The van der Waals surface area contributed by atoms with Crippen LogP contribution in [0.5, 0.6) is 0 Å². The molecular weight excluding hydrogens is 343 g/mol. The van der Waals surface area contributed by atoms with Crippen LogP contribution < -0.4 is 5.32 Å². The van der Waals surface area contributed by atoms with Crippen molar-refractivity contribution < 1.29 is 29.3 Å². The number of carbonyl (C=O) groups excluding carboxylic acids is 1. The van der Waals surface area contributed by atoms with Gasteiger partial charge in [-0.15, -0.1) is 0 Å². The first-order valence-electron chi connectivity index (χ1n) is 6.44. The van der Waals surface area contributed by atoms with Gasteiger partial charge in [-0.2, -0.15) is 5.26 Å². The average molecular weight is 356 g/mol. The summed E-state index contributed by atoms with van der Waals surface area (Å²) in [7, 11) is -10.1. The van der Waals surface area contributed by atoms with Crippen LogP contribution in [0.4, 0.5) is 19.4 Å². The third-order valence-corrected chi connectivity index (χ3v) is 5.48. The van der Waals surface area contributed by atoms with Crippen molar-refractivity contribution in [3.05, 3.63) is 35.9 Å². The number of amides is 1. The van der Waals surface area contributed by atoms with Gasteiger partial charge in [0.1, 0.15) is 5.25 Å². The highest BCUT2D eigenvalue weighted by Gasteiger charge is 2.91. The van der Waals surface area contributed by atoms with Crippen molar-refractivity contribution >= 4 is 16.1 Å². The monoisotopic (exact) mass is 356 g/mol. The number of nitrogens with one attached hydrogen (secondary N) is 1. The first-order valence-corrected chi connectivity index (χ1v) is 8.45. The van der Waals surface area contributed by atoms with Crippen LogP contribution in [-0.2, 0) is 11.3 Å². The number of aliphatic hydroxyl groups excluding tert-OH is 1. The molecule has 3 atom stereocenters. The average Bonchev–Trinajstić information content (AvgIpc) is 3.15. The van der Waals surface area contributed by atoms with Crippen molar-refractivity contribution in [3.8, 4) is 6.07 Å². The van der Waals surface area contributed by atoms with Crippen LogP contribution in [-0.4, -0.2) is 22.9 Å². The Labute approximate surface area is 128 Å². The van der Waals surface area contributed by atoms with E-state index in [9.17, 15) is 24.2 Å². The van der Waals surface area contributed by atoms with E-state index in [1.807, 2.05) is 0 Å². The summed E-state index contributed by atoms with van der Waals surface area (Å²) in [6.07, 6.45) is 0. The molecule has 1 aromatic carbocycles. The molecule has 1 amide bonds. The number of nitrogens with zero attached hydrogens (tertiary/aromatic N) is 1. The van der Waals surface area contributed by atoms with Gasteiger partial charge in [0.15, 0.2) is 5.41 Å². The summed E-state index contributed by atoms with van der Waals surface area (Å²) in [5.74, 6) is -3.62. The number of rotatable bonds is 5. The number of hydrogen-bond acceptors (Lipinski definition) is 3. The lowest BCUT2D eigenvalue weighted by atomic mass is 10.0. The second-order valence-corrected chi connectivity index (χ2v) is 7.95. The highest BCUT2D eigenvalue weighted by molar-refractivity contribution is 8.46. The zero-order valence-corrected chi connectivity index (χ0v) is 12.4. The van der Waals surface area contributed by atoms with Gasteiger partial charge in [0.2, 0.25) is 5.91 Å². The molecule has 1 aliphatic rings. The number of nitriles is 1. The molecule has 0 aromatic heterocycles. The molecule has 2 N–H and O–H groups in total.